The van der Waals surface area contributed by atoms with Gasteiger partial charge >= 0.3 is 0 Å². The third-order valence-electron chi connectivity index (χ3n) is 1.59. The van der Waals surface area contributed by atoms with Crippen molar-refractivity contribution in [3.8, 4) is 0 Å². The van der Waals surface area contributed by atoms with Crippen LogP contribution in [0.5, 0.6) is 0 Å². The van der Waals surface area contributed by atoms with Crippen LogP contribution in [0.2, 0.25) is 0 Å². The number of rotatable bonds is 3. The van der Waals surface area contributed by atoms with Gasteiger partial charge in [0, 0.05) is 12.2 Å². The van der Waals surface area contributed by atoms with Crippen LogP contribution < -0.4 is 5.73 Å². The van der Waals surface area contributed by atoms with Crippen molar-refractivity contribution in [1.82, 2.24) is 0 Å². The Morgan fingerprint density at radius 1 is 1.36 bits per heavy atom. The molecule has 2 N–H and O–H groups in total. The fourth-order valence-electron chi connectivity index (χ4n) is 1.01. The second kappa shape index (κ2) is 7.59. The van der Waals surface area contributed by atoms with E-state index in [4.69, 9.17) is 5.73 Å². The Labute approximate surface area is 82.0 Å². The Morgan fingerprint density at radius 2 is 2.18 bits per heavy atom. The molecular formula is C7H17ClNS2+. The lowest BCUT2D eigenvalue weighted by molar-refractivity contribution is 0.891. The third-order valence-corrected chi connectivity index (χ3v) is 6.37. The highest BCUT2D eigenvalue weighted by Crippen LogP contribution is 2.25. The van der Waals surface area contributed by atoms with Gasteiger partial charge in [-0.15, -0.1) is 12.4 Å². The van der Waals surface area contributed by atoms with Crippen LogP contribution in [-0.2, 0) is 9.93 Å². The molecule has 4 heteroatoms. The quantitative estimate of drug-likeness (QED) is 0.573. The Morgan fingerprint density at radius 3 is 2.73 bits per heavy atom. The lowest BCUT2D eigenvalue weighted by atomic mass is 10.4. The molecule has 0 spiro atoms. The lowest BCUT2D eigenvalue weighted by Crippen LogP contribution is -2.15. The maximum atomic E-state index is 5.44. The summed E-state index contributed by atoms with van der Waals surface area (Å²) in [5.41, 5.74) is 5.44. The highest BCUT2D eigenvalue weighted by Gasteiger charge is 2.22. The molecule has 0 bridgehead atoms. The normalized spacial score (nSPS) is 24.3. The topological polar surface area (TPSA) is 26.0 Å². The average Bonchev–Trinajstić information content (AvgIpc) is 2.03. The van der Waals surface area contributed by atoms with Gasteiger partial charge in [-0.3, -0.25) is 0 Å². The molecule has 0 saturated carbocycles. The molecule has 1 heterocycles. The van der Waals surface area contributed by atoms with Gasteiger partial charge in [0.2, 0.25) is 0 Å². The predicted octanol–water partition coefficient (Wildman–Crippen LogP) is 1.82. The van der Waals surface area contributed by atoms with E-state index in [9.17, 15) is 0 Å². The molecule has 1 nitrogen and oxygen atoms in total. The Kier molecular flexibility index (Phi) is 8.25. The van der Waals surface area contributed by atoms with Gasteiger partial charge in [-0.05, 0) is 19.4 Å². The van der Waals surface area contributed by atoms with Crippen LogP contribution in [0.4, 0.5) is 0 Å². The molecule has 0 aliphatic carbocycles. The van der Waals surface area contributed by atoms with Crippen LogP contribution in [0.1, 0.15) is 19.3 Å². The molecule has 1 saturated heterocycles. The first-order valence-corrected chi connectivity index (χ1v) is 7.01. The van der Waals surface area contributed by atoms with Gasteiger partial charge in [0.1, 0.15) is 11.5 Å². The monoisotopic (exact) mass is 214 g/mol. The Balaban J connectivity index is 0.000001000. The van der Waals surface area contributed by atoms with Crippen molar-refractivity contribution in [3.63, 3.8) is 0 Å². The summed E-state index contributed by atoms with van der Waals surface area (Å²) in [7, 11) is 2.87. The van der Waals surface area contributed by atoms with Crippen molar-refractivity contribution < 1.29 is 0 Å². The van der Waals surface area contributed by atoms with Crippen molar-refractivity contribution in [2.24, 2.45) is 5.73 Å². The molecule has 1 atom stereocenters. The summed E-state index contributed by atoms with van der Waals surface area (Å²) >= 11 is 0. The molecule has 1 fully saturated rings. The van der Waals surface area contributed by atoms with E-state index in [-0.39, 0.29) is 12.4 Å². The molecule has 1 unspecified atom stereocenters. The minimum Gasteiger partial charge on any atom is -0.330 e. The molecule has 11 heavy (non-hydrogen) atoms. The highest BCUT2D eigenvalue weighted by atomic mass is 35.5. The zero-order valence-electron chi connectivity index (χ0n) is 6.75. The molecule has 1 aliphatic heterocycles. The van der Waals surface area contributed by atoms with Gasteiger partial charge in [-0.2, -0.15) is 0 Å². The molecule has 0 amide bonds. The van der Waals surface area contributed by atoms with E-state index in [0.717, 1.165) is 6.54 Å². The first-order chi connectivity index (χ1) is 4.93. The molecule has 1 aliphatic rings. The van der Waals surface area contributed by atoms with E-state index in [0.29, 0.717) is 9.93 Å². The molecule has 0 aromatic rings. The summed E-state index contributed by atoms with van der Waals surface area (Å²) in [5.74, 6) is 4.24. The molecule has 0 radical (unpaired) electrons. The van der Waals surface area contributed by atoms with Crippen LogP contribution in [0.15, 0.2) is 0 Å². The van der Waals surface area contributed by atoms with Crippen LogP contribution in [0, 0.1) is 0 Å². The Bertz CT molecular complexity index is 86.5. The molecular weight excluding hydrogens is 198 g/mol. The van der Waals surface area contributed by atoms with Gasteiger partial charge < -0.3 is 5.73 Å². The SMILES string of the molecule is Cl.NCCC[S+]1CCCCS1. The maximum Gasteiger partial charge on any atom is 0.121 e. The van der Waals surface area contributed by atoms with E-state index < -0.39 is 0 Å². The predicted molar refractivity (Wildman–Crippen MR) is 59.7 cm³/mol. The van der Waals surface area contributed by atoms with Crippen molar-refractivity contribution in [2.75, 3.05) is 23.8 Å². The second-order valence-corrected chi connectivity index (χ2v) is 6.98. The minimum absolute atomic E-state index is 0. The van der Waals surface area contributed by atoms with Gasteiger partial charge in [-0.1, -0.05) is 0 Å². The summed E-state index contributed by atoms with van der Waals surface area (Å²) in [6.45, 7) is 0.879. The summed E-state index contributed by atoms with van der Waals surface area (Å²) < 4.78 is 0. The van der Waals surface area contributed by atoms with Crippen LogP contribution in [0.3, 0.4) is 0 Å². The first kappa shape index (κ1) is 11.9. The van der Waals surface area contributed by atoms with E-state index in [1.54, 1.807) is 0 Å². The van der Waals surface area contributed by atoms with E-state index >= 15 is 0 Å². The zero-order valence-corrected chi connectivity index (χ0v) is 9.20. The highest BCUT2D eigenvalue weighted by molar-refractivity contribution is 8.74. The van der Waals surface area contributed by atoms with E-state index in [2.05, 4.69) is 10.8 Å². The molecule has 1 rings (SSSR count). The summed E-state index contributed by atoms with van der Waals surface area (Å²) in [6.07, 6.45) is 4.13. The summed E-state index contributed by atoms with van der Waals surface area (Å²) in [6, 6.07) is 0. The maximum absolute atomic E-state index is 5.44. The lowest BCUT2D eigenvalue weighted by Gasteiger charge is -2.10. The largest absolute Gasteiger partial charge is 0.330 e. The van der Waals surface area contributed by atoms with Gasteiger partial charge in [-0.25, -0.2) is 0 Å². The molecule has 0 aromatic carbocycles. The second-order valence-electron chi connectivity index (χ2n) is 2.52. The smallest absolute Gasteiger partial charge is 0.121 e. The number of hydrogen-bond donors (Lipinski definition) is 1. The first-order valence-electron chi connectivity index (χ1n) is 3.94. The standard InChI is InChI=1S/C7H16NS2.ClH/c8-4-3-7-10-6-2-1-5-9-10;/h1-8H2;1H/q+1;. The number of hydrogen-bond acceptors (Lipinski definition) is 2. The number of halogens is 1. The minimum atomic E-state index is 0. The fourth-order valence-corrected chi connectivity index (χ4v) is 5.49. The van der Waals surface area contributed by atoms with Crippen LogP contribution >= 0.6 is 23.2 Å². The van der Waals surface area contributed by atoms with Gasteiger partial charge in [0.25, 0.3) is 0 Å². The number of nitrogens with two attached hydrogens (primary N) is 1. The van der Waals surface area contributed by atoms with Gasteiger partial charge in [0.05, 0.1) is 20.7 Å². The van der Waals surface area contributed by atoms with Crippen molar-refractivity contribution in [1.29, 1.82) is 0 Å². The van der Waals surface area contributed by atoms with E-state index in [1.807, 2.05) is 0 Å². The van der Waals surface area contributed by atoms with Crippen molar-refractivity contribution >= 4 is 33.1 Å². The molecule has 0 aromatic heterocycles. The van der Waals surface area contributed by atoms with Crippen LogP contribution in [0.25, 0.3) is 0 Å². The van der Waals surface area contributed by atoms with Crippen molar-refractivity contribution in [3.05, 3.63) is 0 Å². The fraction of sp³-hybridized carbons (Fsp3) is 1.00. The third kappa shape index (κ3) is 5.23. The Hall–Kier alpha value is 0.950. The zero-order chi connectivity index (χ0) is 7.23. The van der Waals surface area contributed by atoms with Gasteiger partial charge in [0.15, 0.2) is 0 Å². The summed E-state index contributed by atoms with van der Waals surface area (Å²) in [5, 5.41) is 0. The average molecular weight is 215 g/mol. The van der Waals surface area contributed by atoms with Crippen molar-refractivity contribution in [2.45, 2.75) is 19.3 Å². The summed E-state index contributed by atoms with van der Waals surface area (Å²) in [4.78, 5) is 0. The van der Waals surface area contributed by atoms with Crippen LogP contribution in [-0.4, -0.2) is 23.8 Å². The molecule has 68 valence electrons. The van der Waals surface area contributed by atoms with E-state index in [1.165, 1.54) is 36.5 Å².